The fourth-order valence-electron chi connectivity index (χ4n) is 5.10. The van der Waals surface area contributed by atoms with Gasteiger partial charge in [-0.25, -0.2) is 4.39 Å². The Morgan fingerprint density at radius 1 is 0.972 bits per heavy atom. The molecule has 1 fully saturated rings. The van der Waals surface area contributed by atoms with Crippen LogP contribution in [0.1, 0.15) is 29.5 Å². The molecule has 36 heavy (non-hydrogen) atoms. The van der Waals surface area contributed by atoms with E-state index in [-0.39, 0.29) is 12.1 Å². The predicted octanol–water partition coefficient (Wildman–Crippen LogP) is 6.06. The fourth-order valence-corrected chi connectivity index (χ4v) is 5.10. The van der Waals surface area contributed by atoms with Gasteiger partial charge in [0, 0.05) is 44.9 Å². The summed E-state index contributed by atoms with van der Waals surface area (Å²) in [7, 11) is 3.33. The molecular weight excluding hydrogens is 457 g/mol. The molecule has 0 unspecified atom stereocenters. The molecule has 3 aromatic carbocycles. The van der Waals surface area contributed by atoms with Gasteiger partial charge in [-0.2, -0.15) is 0 Å². The molecule has 2 aliphatic heterocycles. The van der Waals surface area contributed by atoms with Gasteiger partial charge in [0.15, 0.2) is 6.29 Å². The van der Waals surface area contributed by atoms with Gasteiger partial charge in [0.25, 0.3) is 0 Å². The number of fused-ring (bicyclic) bond motifs is 1. The Bertz CT molecular complexity index is 1200. The van der Waals surface area contributed by atoms with E-state index in [0.29, 0.717) is 24.8 Å². The van der Waals surface area contributed by atoms with Crippen LogP contribution in [0, 0.1) is 11.7 Å². The summed E-state index contributed by atoms with van der Waals surface area (Å²) in [6.45, 7) is 2.47. The van der Waals surface area contributed by atoms with Crippen molar-refractivity contribution in [3.05, 3.63) is 95.3 Å². The second-order valence-electron chi connectivity index (χ2n) is 9.19. The van der Waals surface area contributed by atoms with Crippen molar-refractivity contribution in [2.75, 3.05) is 38.8 Å². The van der Waals surface area contributed by atoms with Crippen LogP contribution in [0.25, 0.3) is 5.57 Å². The summed E-state index contributed by atoms with van der Waals surface area (Å²) < 4.78 is 38.0. The number of nitrogens with zero attached hydrogens (tertiary/aromatic N) is 1. The van der Waals surface area contributed by atoms with E-state index in [0.717, 1.165) is 59.7 Å². The quantitative estimate of drug-likeness (QED) is 0.360. The second-order valence-corrected chi connectivity index (χ2v) is 9.19. The summed E-state index contributed by atoms with van der Waals surface area (Å²) in [5, 5.41) is 0. The lowest BCUT2D eigenvalue weighted by Gasteiger charge is -2.36. The molecule has 188 valence electrons. The zero-order valence-electron chi connectivity index (χ0n) is 20.8. The van der Waals surface area contributed by atoms with Gasteiger partial charge in [0.05, 0.1) is 5.69 Å². The third-order valence-corrected chi connectivity index (χ3v) is 7.01. The van der Waals surface area contributed by atoms with Crippen molar-refractivity contribution in [2.45, 2.75) is 25.7 Å². The average Bonchev–Trinajstić information content (AvgIpc) is 2.93. The molecule has 5 rings (SSSR count). The van der Waals surface area contributed by atoms with Crippen LogP contribution < -0.4 is 14.4 Å². The third-order valence-electron chi connectivity index (χ3n) is 7.01. The van der Waals surface area contributed by atoms with Crippen molar-refractivity contribution in [3.63, 3.8) is 0 Å². The minimum Gasteiger partial charge on any atom is -0.489 e. The van der Waals surface area contributed by atoms with Gasteiger partial charge in [-0.05, 0) is 59.9 Å². The maximum atomic E-state index is 15.3. The van der Waals surface area contributed by atoms with E-state index in [4.69, 9.17) is 18.9 Å². The molecule has 0 aliphatic carbocycles. The van der Waals surface area contributed by atoms with Gasteiger partial charge >= 0.3 is 0 Å². The monoisotopic (exact) mass is 489 g/mol. The minimum absolute atomic E-state index is 0.204. The molecule has 0 radical (unpaired) electrons. The molecule has 0 spiro atoms. The maximum absolute atomic E-state index is 15.3. The summed E-state index contributed by atoms with van der Waals surface area (Å²) in [4.78, 5) is 2.11. The highest BCUT2D eigenvalue weighted by Gasteiger charge is 2.28. The lowest BCUT2D eigenvalue weighted by molar-refractivity contribution is -0.141. The normalized spacial score (nSPS) is 15.9. The summed E-state index contributed by atoms with van der Waals surface area (Å²) in [6.07, 6.45) is 3.60. The van der Waals surface area contributed by atoms with E-state index in [2.05, 4.69) is 4.90 Å². The van der Waals surface area contributed by atoms with Crippen LogP contribution in [0.5, 0.6) is 11.5 Å². The number of methoxy groups -OCH3 is 2. The van der Waals surface area contributed by atoms with Crippen LogP contribution >= 0.6 is 0 Å². The van der Waals surface area contributed by atoms with Crippen molar-refractivity contribution < 1.29 is 23.3 Å². The van der Waals surface area contributed by atoms with Crippen LogP contribution in [0.2, 0.25) is 0 Å². The standard InChI is InChI=1S/C30H32FNO4/c1-33-30(34-2)22-12-15-32(16-13-22)28-11-8-23(18-27(28)31)25-14-17-35-29-19-24(9-10-26(25)29)36-20-21-6-4-3-5-7-21/h3-11,14,18-19,22,30H,12-13,15-17,20H2,1-2H3. The van der Waals surface area contributed by atoms with Gasteiger partial charge < -0.3 is 23.8 Å². The number of anilines is 1. The first-order valence-electron chi connectivity index (χ1n) is 12.4. The van der Waals surface area contributed by atoms with Gasteiger partial charge in [-0.1, -0.05) is 36.4 Å². The van der Waals surface area contributed by atoms with E-state index < -0.39 is 0 Å². The first-order valence-corrected chi connectivity index (χ1v) is 12.4. The van der Waals surface area contributed by atoms with Gasteiger partial charge in [-0.3, -0.25) is 0 Å². The Labute approximate surface area is 212 Å². The van der Waals surface area contributed by atoms with Gasteiger partial charge in [-0.15, -0.1) is 0 Å². The Kier molecular flexibility index (Phi) is 7.54. The highest BCUT2D eigenvalue weighted by Crippen LogP contribution is 2.38. The van der Waals surface area contributed by atoms with Crippen LogP contribution in [-0.4, -0.2) is 40.2 Å². The zero-order valence-corrected chi connectivity index (χ0v) is 20.8. The summed E-state index contributed by atoms with van der Waals surface area (Å²) >= 11 is 0. The van der Waals surface area contributed by atoms with E-state index in [1.165, 1.54) is 0 Å². The minimum atomic E-state index is -0.210. The predicted molar refractivity (Wildman–Crippen MR) is 139 cm³/mol. The lowest BCUT2D eigenvalue weighted by atomic mass is 9.93. The molecule has 2 aliphatic rings. The Hall–Kier alpha value is -3.35. The smallest absolute Gasteiger partial charge is 0.159 e. The molecule has 2 heterocycles. The molecule has 5 nitrogen and oxygen atoms in total. The number of ether oxygens (including phenoxy) is 4. The van der Waals surface area contributed by atoms with Crippen molar-refractivity contribution in [3.8, 4) is 11.5 Å². The first-order chi connectivity index (χ1) is 17.7. The summed E-state index contributed by atoms with van der Waals surface area (Å²) in [6, 6.07) is 21.4. The summed E-state index contributed by atoms with van der Waals surface area (Å²) in [5.74, 6) is 1.60. The number of hydrogen-bond acceptors (Lipinski definition) is 5. The van der Waals surface area contributed by atoms with Crippen LogP contribution in [0.3, 0.4) is 0 Å². The number of rotatable bonds is 8. The summed E-state index contributed by atoms with van der Waals surface area (Å²) in [5.41, 5.74) is 4.49. The number of piperidine rings is 1. The number of hydrogen-bond donors (Lipinski definition) is 0. The van der Waals surface area contributed by atoms with Gasteiger partial charge in [0.1, 0.15) is 30.5 Å². The van der Waals surface area contributed by atoms with Crippen molar-refractivity contribution in [1.82, 2.24) is 0 Å². The van der Waals surface area contributed by atoms with E-state index >= 15 is 4.39 Å². The number of benzene rings is 3. The zero-order chi connectivity index (χ0) is 24.9. The highest BCUT2D eigenvalue weighted by atomic mass is 19.1. The van der Waals surface area contributed by atoms with E-state index in [9.17, 15) is 0 Å². The molecule has 3 aromatic rings. The Morgan fingerprint density at radius 2 is 1.75 bits per heavy atom. The molecule has 6 heteroatoms. The van der Waals surface area contributed by atoms with Crippen molar-refractivity contribution >= 4 is 11.3 Å². The molecule has 0 amide bonds. The second kappa shape index (κ2) is 11.1. The molecule has 0 bridgehead atoms. The molecular formula is C30H32FNO4. The molecule has 0 saturated carbocycles. The van der Waals surface area contributed by atoms with Gasteiger partial charge in [0.2, 0.25) is 0 Å². The lowest BCUT2D eigenvalue weighted by Crippen LogP contribution is -2.39. The fraction of sp³-hybridized carbons (Fsp3) is 0.333. The highest BCUT2D eigenvalue weighted by molar-refractivity contribution is 5.84. The van der Waals surface area contributed by atoms with E-state index in [1.807, 2.05) is 66.7 Å². The largest absolute Gasteiger partial charge is 0.489 e. The number of halogens is 1. The molecule has 0 aromatic heterocycles. The SMILES string of the molecule is COC(OC)C1CCN(c2ccc(C3=CCOc4cc(OCc5ccccc5)ccc43)cc2F)CC1. The van der Waals surface area contributed by atoms with Crippen molar-refractivity contribution in [2.24, 2.45) is 5.92 Å². The maximum Gasteiger partial charge on any atom is 0.159 e. The average molecular weight is 490 g/mol. The van der Waals surface area contributed by atoms with Crippen molar-refractivity contribution in [1.29, 1.82) is 0 Å². The third kappa shape index (κ3) is 5.25. The topological polar surface area (TPSA) is 40.2 Å². The Morgan fingerprint density at radius 3 is 2.47 bits per heavy atom. The van der Waals surface area contributed by atoms with Crippen LogP contribution in [-0.2, 0) is 16.1 Å². The van der Waals surface area contributed by atoms with E-state index in [1.54, 1.807) is 20.3 Å². The van der Waals surface area contributed by atoms with Crippen LogP contribution in [0.4, 0.5) is 10.1 Å². The molecule has 1 saturated heterocycles. The Balaban J connectivity index is 1.28. The van der Waals surface area contributed by atoms with Crippen LogP contribution in [0.15, 0.2) is 72.8 Å². The first kappa shape index (κ1) is 24.3. The molecule has 0 atom stereocenters. The molecule has 0 N–H and O–H groups in total.